The summed E-state index contributed by atoms with van der Waals surface area (Å²) in [5.41, 5.74) is 10.5. The van der Waals surface area contributed by atoms with Crippen molar-refractivity contribution in [2.45, 2.75) is 0 Å². The van der Waals surface area contributed by atoms with Crippen LogP contribution in [0.25, 0.3) is 104 Å². The first-order valence-corrected chi connectivity index (χ1v) is 17.1. The van der Waals surface area contributed by atoms with Gasteiger partial charge in [-0.15, -0.1) is 0 Å². The second kappa shape index (κ2) is 10.5. The van der Waals surface area contributed by atoms with Gasteiger partial charge in [0.1, 0.15) is 0 Å². The van der Waals surface area contributed by atoms with Gasteiger partial charge in [0.15, 0.2) is 0 Å². The summed E-state index contributed by atoms with van der Waals surface area (Å²) in [5.74, 6) is 0. The summed E-state index contributed by atoms with van der Waals surface area (Å²) < 4.78 is 2.33. The molecule has 3 aromatic heterocycles. The molecule has 234 valence electrons. The summed E-state index contributed by atoms with van der Waals surface area (Å²) in [5, 5.41) is 22.0. The first kappa shape index (κ1) is 27.8. The fourth-order valence-electron chi connectivity index (χ4n) is 8.38. The zero-order chi connectivity index (χ0) is 33.6. The highest BCUT2D eigenvalue weighted by molar-refractivity contribution is 6.28. The van der Waals surface area contributed by atoms with Crippen molar-refractivity contribution in [3.05, 3.63) is 164 Å². The normalized spacial score (nSPS) is 11.9. The second-order valence-electron chi connectivity index (χ2n) is 13.3. The van der Waals surface area contributed by atoms with E-state index in [1.54, 1.807) is 12.4 Å². The third kappa shape index (κ3) is 4.00. The molecule has 0 aliphatic rings. The number of hydrogen-bond acceptors (Lipinski definition) is 3. The maximum absolute atomic E-state index is 10.0. The van der Waals surface area contributed by atoms with Crippen LogP contribution in [0, 0.1) is 11.3 Å². The molecule has 0 amide bonds. The molecule has 0 saturated carbocycles. The summed E-state index contributed by atoms with van der Waals surface area (Å²) in [6.07, 6.45) is 3.61. The number of benzene rings is 8. The minimum atomic E-state index is 0.699. The van der Waals surface area contributed by atoms with Gasteiger partial charge in [-0.05, 0) is 128 Å². The molecule has 4 heteroatoms. The fraction of sp³-hybridized carbons (Fsp3) is 0. The van der Waals surface area contributed by atoms with Crippen LogP contribution in [0.5, 0.6) is 0 Å². The number of nitrogens with zero attached hydrogens (tertiary/aromatic N) is 4. The van der Waals surface area contributed by atoms with Crippen molar-refractivity contribution in [1.29, 1.82) is 5.26 Å². The van der Waals surface area contributed by atoms with Crippen molar-refractivity contribution in [3.8, 4) is 45.4 Å². The topological polar surface area (TPSA) is 54.5 Å². The fourth-order valence-corrected chi connectivity index (χ4v) is 8.38. The Balaban J connectivity index is 1.10. The third-order valence-electron chi connectivity index (χ3n) is 10.6. The van der Waals surface area contributed by atoms with Gasteiger partial charge >= 0.3 is 0 Å². The standard InChI is InChI=1S/C47H26N4/c48-27-33-13-17-42-46-38(33)14-15-39-37(16-18-43(47(39)46)51(42)36-5-2-1-3-6-36)34-23-29-9-11-31-25-35(26-32-12-10-30(24-34)44(29)45(31)32)41-8-4-7-40(50-41)28-19-21-49-22-20-28/h1-26H. The molecule has 0 spiro atoms. The van der Waals surface area contributed by atoms with Crippen LogP contribution in [-0.4, -0.2) is 14.5 Å². The molecule has 0 aliphatic heterocycles. The maximum Gasteiger partial charge on any atom is 0.0998 e. The van der Waals surface area contributed by atoms with Crippen molar-refractivity contribution in [1.82, 2.24) is 14.5 Å². The highest BCUT2D eigenvalue weighted by Crippen LogP contribution is 2.45. The average molecular weight is 647 g/mol. The molecule has 0 aliphatic carbocycles. The first-order valence-electron chi connectivity index (χ1n) is 17.1. The van der Waals surface area contributed by atoms with Crippen LogP contribution in [0.1, 0.15) is 5.56 Å². The predicted octanol–water partition coefficient (Wildman–Crippen LogP) is 11.9. The van der Waals surface area contributed by atoms with E-state index in [0.29, 0.717) is 5.56 Å². The maximum atomic E-state index is 10.0. The highest BCUT2D eigenvalue weighted by Gasteiger charge is 2.21. The summed E-state index contributed by atoms with van der Waals surface area (Å²) >= 11 is 0. The zero-order valence-electron chi connectivity index (χ0n) is 27.3. The van der Waals surface area contributed by atoms with Gasteiger partial charge in [-0.2, -0.15) is 5.26 Å². The molecule has 0 radical (unpaired) electrons. The molecule has 0 unspecified atom stereocenters. The Morgan fingerprint density at radius 1 is 0.471 bits per heavy atom. The van der Waals surface area contributed by atoms with Gasteiger partial charge in [0.2, 0.25) is 0 Å². The number of hydrogen-bond donors (Lipinski definition) is 0. The van der Waals surface area contributed by atoms with E-state index < -0.39 is 0 Å². The molecule has 51 heavy (non-hydrogen) atoms. The van der Waals surface area contributed by atoms with E-state index in [1.165, 1.54) is 54.2 Å². The van der Waals surface area contributed by atoms with Gasteiger partial charge in [-0.1, -0.05) is 66.7 Å². The van der Waals surface area contributed by atoms with Gasteiger partial charge in [0.25, 0.3) is 0 Å². The van der Waals surface area contributed by atoms with E-state index in [9.17, 15) is 5.26 Å². The predicted molar refractivity (Wildman–Crippen MR) is 210 cm³/mol. The monoisotopic (exact) mass is 646 g/mol. The highest BCUT2D eigenvalue weighted by atomic mass is 15.0. The number of nitriles is 1. The van der Waals surface area contributed by atoms with Gasteiger partial charge in [0.05, 0.1) is 34.1 Å². The van der Waals surface area contributed by atoms with E-state index >= 15 is 0 Å². The van der Waals surface area contributed by atoms with E-state index in [1.807, 2.05) is 30.3 Å². The Hall–Kier alpha value is -7.09. The molecule has 0 bridgehead atoms. The molecular formula is C47H26N4. The van der Waals surface area contributed by atoms with Crippen molar-refractivity contribution < 1.29 is 0 Å². The molecular weight excluding hydrogens is 621 g/mol. The Bertz CT molecular complexity index is 3120. The number of pyridine rings is 2. The minimum absolute atomic E-state index is 0.699. The Kier molecular flexibility index (Phi) is 5.70. The first-order chi connectivity index (χ1) is 25.2. The SMILES string of the molecule is N#Cc1ccc2c3c1ccc1c(-c4cc5ccc6cc(-c7cccc(-c8ccncc8)n7)cc7ccc(c4)c5c67)ccc(c13)n2-c1ccccc1. The lowest BCUT2D eigenvalue weighted by Gasteiger charge is -2.15. The quantitative estimate of drug-likeness (QED) is 0.179. The smallest absolute Gasteiger partial charge is 0.0998 e. The minimum Gasteiger partial charge on any atom is -0.309 e. The van der Waals surface area contributed by atoms with Crippen LogP contribution >= 0.6 is 0 Å². The average Bonchev–Trinajstić information content (AvgIpc) is 3.54. The van der Waals surface area contributed by atoms with E-state index in [0.717, 1.165) is 50.0 Å². The molecule has 11 rings (SSSR count). The summed E-state index contributed by atoms with van der Waals surface area (Å²) in [7, 11) is 0. The summed E-state index contributed by atoms with van der Waals surface area (Å²) in [6.45, 7) is 0. The Labute approximate surface area is 292 Å². The van der Waals surface area contributed by atoms with Crippen molar-refractivity contribution >= 4 is 64.9 Å². The molecule has 4 nitrogen and oxygen atoms in total. The molecule has 0 N–H and O–H groups in total. The zero-order valence-corrected chi connectivity index (χ0v) is 27.3. The van der Waals surface area contributed by atoms with Crippen LogP contribution in [-0.2, 0) is 0 Å². The summed E-state index contributed by atoms with van der Waals surface area (Å²) in [6, 6.07) is 54.3. The Morgan fingerprint density at radius 2 is 1.06 bits per heavy atom. The van der Waals surface area contributed by atoms with Crippen LogP contribution in [0.3, 0.4) is 0 Å². The molecule has 11 aromatic rings. The molecule has 0 atom stereocenters. The van der Waals surface area contributed by atoms with Gasteiger partial charge in [-0.3, -0.25) is 4.98 Å². The second-order valence-corrected chi connectivity index (χ2v) is 13.3. The van der Waals surface area contributed by atoms with Crippen LogP contribution in [0.15, 0.2) is 158 Å². The summed E-state index contributed by atoms with van der Waals surface area (Å²) in [4.78, 5) is 9.20. The Morgan fingerprint density at radius 3 is 1.73 bits per heavy atom. The third-order valence-corrected chi connectivity index (χ3v) is 10.6. The van der Waals surface area contributed by atoms with Crippen LogP contribution < -0.4 is 0 Å². The number of aromatic nitrogens is 3. The van der Waals surface area contributed by atoms with E-state index in [4.69, 9.17) is 4.98 Å². The largest absolute Gasteiger partial charge is 0.309 e. The van der Waals surface area contributed by atoms with Crippen molar-refractivity contribution in [3.63, 3.8) is 0 Å². The van der Waals surface area contributed by atoms with Gasteiger partial charge in [-0.25, -0.2) is 4.98 Å². The van der Waals surface area contributed by atoms with E-state index in [-0.39, 0.29) is 0 Å². The lowest BCUT2D eigenvalue weighted by molar-refractivity contribution is 1.18. The van der Waals surface area contributed by atoms with Crippen molar-refractivity contribution in [2.75, 3.05) is 0 Å². The lowest BCUT2D eigenvalue weighted by Crippen LogP contribution is -1.93. The van der Waals surface area contributed by atoms with Crippen LogP contribution in [0.2, 0.25) is 0 Å². The molecule has 8 aromatic carbocycles. The van der Waals surface area contributed by atoms with Crippen LogP contribution in [0.4, 0.5) is 0 Å². The lowest BCUT2D eigenvalue weighted by atomic mass is 9.88. The number of para-hydroxylation sites is 1. The molecule has 3 heterocycles. The van der Waals surface area contributed by atoms with E-state index in [2.05, 4.69) is 131 Å². The number of rotatable bonds is 4. The van der Waals surface area contributed by atoms with Gasteiger partial charge in [0, 0.05) is 45.4 Å². The van der Waals surface area contributed by atoms with Gasteiger partial charge < -0.3 is 4.57 Å². The molecule has 0 fully saturated rings. The van der Waals surface area contributed by atoms with Crippen molar-refractivity contribution in [2.24, 2.45) is 0 Å². The molecule has 0 saturated heterocycles.